The molecule has 1 aromatic carbocycles. The van der Waals surface area contributed by atoms with Gasteiger partial charge < -0.3 is 0 Å². The van der Waals surface area contributed by atoms with E-state index in [0.717, 1.165) is 11.6 Å². The van der Waals surface area contributed by atoms with Gasteiger partial charge >= 0.3 is 0 Å². The standard InChI is InChI=1S/C12H17ClS/c1-9-4-10(2)6-12(5-9)8-14-11(3)7-13/h4-6,11H,7-8H2,1-3H3. The van der Waals surface area contributed by atoms with Crippen LogP contribution in [0.2, 0.25) is 0 Å². The SMILES string of the molecule is Cc1cc(C)cc(CSC(C)CCl)c1. The highest BCUT2D eigenvalue weighted by Gasteiger charge is 2.01. The molecule has 78 valence electrons. The largest absolute Gasteiger partial charge is 0.153 e. The molecule has 0 aromatic heterocycles. The van der Waals surface area contributed by atoms with E-state index >= 15 is 0 Å². The van der Waals surface area contributed by atoms with Crippen LogP contribution in [0.15, 0.2) is 18.2 Å². The van der Waals surface area contributed by atoms with Gasteiger partial charge in [-0.2, -0.15) is 11.8 Å². The normalized spacial score (nSPS) is 12.9. The lowest BCUT2D eigenvalue weighted by atomic mass is 10.1. The van der Waals surface area contributed by atoms with Gasteiger partial charge in [0.2, 0.25) is 0 Å². The second-order valence-corrected chi connectivity index (χ2v) is 5.51. The first kappa shape index (κ1) is 11.9. The molecule has 1 aromatic rings. The number of rotatable bonds is 4. The molecular weight excluding hydrogens is 212 g/mol. The van der Waals surface area contributed by atoms with Crippen molar-refractivity contribution in [2.45, 2.75) is 31.8 Å². The fraction of sp³-hybridized carbons (Fsp3) is 0.500. The molecule has 0 nitrogen and oxygen atoms in total. The van der Waals surface area contributed by atoms with Crippen molar-refractivity contribution in [3.05, 3.63) is 34.9 Å². The molecule has 0 fully saturated rings. The third kappa shape index (κ3) is 3.93. The summed E-state index contributed by atoms with van der Waals surface area (Å²) in [7, 11) is 0. The van der Waals surface area contributed by atoms with E-state index in [1.807, 2.05) is 11.8 Å². The predicted octanol–water partition coefficient (Wildman–Crippen LogP) is 4.16. The van der Waals surface area contributed by atoms with Crippen LogP contribution in [-0.4, -0.2) is 11.1 Å². The predicted molar refractivity (Wildman–Crippen MR) is 67.4 cm³/mol. The summed E-state index contributed by atoms with van der Waals surface area (Å²) in [5.41, 5.74) is 4.10. The van der Waals surface area contributed by atoms with E-state index in [1.54, 1.807) is 0 Å². The molecule has 0 aliphatic carbocycles. The molecule has 0 saturated heterocycles. The number of thioether (sulfide) groups is 1. The Kier molecular flexibility index (Phi) is 4.83. The van der Waals surface area contributed by atoms with Crippen molar-refractivity contribution in [2.24, 2.45) is 0 Å². The summed E-state index contributed by atoms with van der Waals surface area (Å²) in [6, 6.07) is 6.71. The van der Waals surface area contributed by atoms with Crippen LogP contribution in [0.4, 0.5) is 0 Å². The second-order valence-electron chi connectivity index (χ2n) is 3.77. The quantitative estimate of drug-likeness (QED) is 0.698. The van der Waals surface area contributed by atoms with Gasteiger partial charge in [0.15, 0.2) is 0 Å². The van der Waals surface area contributed by atoms with E-state index in [9.17, 15) is 0 Å². The molecule has 0 aliphatic heterocycles. The minimum atomic E-state index is 0.539. The molecule has 1 unspecified atom stereocenters. The molecule has 1 atom stereocenters. The molecule has 0 heterocycles. The molecule has 0 saturated carbocycles. The van der Waals surface area contributed by atoms with Crippen molar-refractivity contribution in [3.63, 3.8) is 0 Å². The Morgan fingerprint density at radius 2 is 1.79 bits per heavy atom. The Labute approximate surface area is 96.0 Å². The van der Waals surface area contributed by atoms with Gasteiger partial charge in [-0.25, -0.2) is 0 Å². The first-order valence-corrected chi connectivity index (χ1v) is 6.45. The average Bonchev–Trinajstić information content (AvgIpc) is 2.12. The van der Waals surface area contributed by atoms with Crippen molar-refractivity contribution in [1.29, 1.82) is 0 Å². The highest BCUT2D eigenvalue weighted by Crippen LogP contribution is 2.20. The maximum atomic E-state index is 5.76. The first-order valence-electron chi connectivity index (χ1n) is 4.86. The van der Waals surface area contributed by atoms with Gasteiger partial charge in [0.05, 0.1) is 0 Å². The second kappa shape index (κ2) is 5.67. The molecule has 1 rings (SSSR count). The molecule has 0 spiro atoms. The van der Waals surface area contributed by atoms with Crippen molar-refractivity contribution >= 4 is 23.4 Å². The summed E-state index contributed by atoms with van der Waals surface area (Å²) in [5.74, 6) is 1.80. The summed E-state index contributed by atoms with van der Waals surface area (Å²) in [5, 5.41) is 0.539. The lowest BCUT2D eigenvalue weighted by molar-refractivity contribution is 1.12. The highest BCUT2D eigenvalue weighted by molar-refractivity contribution is 7.99. The molecule has 0 amide bonds. The number of halogens is 1. The summed E-state index contributed by atoms with van der Waals surface area (Å²) >= 11 is 7.67. The van der Waals surface area contributed by atoms with Crippen molar-refractivity contribution in [3.8, 4) is 0 Å². The first-order chi connectivity index (χ1) is 6.61. The Bertz CT molecular complexity index is 276. The fourth-order valence-electron chi connectivity index (χ4n) is 1.44. The third-order valence-electron chi connectivity index (χ3n) is 2.03. The van der Waals surface area contributed by atoms with Crippen LogP contribution < -0.4 is 0 Å². The van der Waals surface area contributed by atoms with Crippen molar-refractivity contribution in [2.75, 3.05) is 5.88 Å². The van der Waals surface area contributed by atoms with Crippen LogP contribution in [0.25, 0.3) is 0 Å². The zero-order valence-corrected chi connectivity index (χ0v) is 10.6. The molecule has 2 heteroatoms. The maximum Gasteiger partial charge on any atom is 0.0340 e. The van der Waals surface area contributed by atoms with Gasteiger partial charge in [-0.05, 0) is 19.4 Å². The average molecular weight is 229 g/mol. The topological polar surface area (TPSA) is 0 Å². The number of hydrogen-bond donors (Lipinski definition) is 0. The van der Waals surface area contributed by atoms with Crippen molar-refractivity contribution < 1.29 is 0 Å². The van der Waals surface area contributed by atoms with E-state index in [1.165, 1.54) is 16.7 Å². The van der Waals surface area contributed by atoms with Gasteiger partial charge in [-0.1, -0.05) is 36.2 Å². The van der Waals surface area contributed by atoms with E-state index in [2.05, 4.69) is 39.0 Å². The molecule has 0 N–H and O–H groups in total. The number of aryl methyl sites for hydroxylation is 2. The lowest BCUT2D eigenvalue weighted by Crippen LogP contribution is -1.98. The van der Waals surface area contributed by atoms with Gasteiger partial charge in [0, 0.05) is 16.9 Å². The summed E-state index contributed by atoms with van der Waals surface area (Å²) in [6.07, 6.45) is 0. The summed E-state index contributed by atoms with van der Waals surface area (Å²) in [4.78, 5) is 0. The third-order valence-corrected chi connectivity index (χ3v) is 3.91. The Morgan fingerprint density at radius 3 is 2.29 bits per heavy atom. The van der Waals surface area contributed by atoms with Crippen LogP contribution in [0.1, 0.15) is 23.6 Å². The van der Waals surface area contributed by atoms with Gasteiger partial charge in [-0.3, -0.25) is 0 Å². The summed E-state index contributed by atoms with van der Waals surface area (Å²) in [6.45, 7) is 6.46. The number of benzene rings is 1. The van der Waals surface area contributed by atoms with E-state index < -0.39 is 0 Å². The smallest absolute Gasteiger partial charge is 0.0340 e. The van der Waals surface area contributed by atoms with Gasteiger partial charge in [-0.15, -0.1) is 11.6 Å². The minimum absolute atomic E-state index is 0.539. The Morgan fingerprint density at radius 1 is 1.21 bits per heavy atom. The van der Waals surface area contributed by atoms with E-state index in [4.69, 9.17) is 11.6 Å². The maximum absolute atomic E-state index is 5.76. The van der Waals surface area contributed by atoms with Gasteiger partial charge in [0.25, 0.3) is 0 Å². The number of alkyl halides is 1. The monoisotopic (exact) mass is 228 g/mol. The van der Waals surface area contributed by atoms with Crippen LogP contribution >= 0.6 is 23.4 Å². The molecular formula is C12H17ClS. The van der Waals surface area contributed by atoms with E-state index in [0.29, 0.717) is 5.25 Å². The summed E-state index contributed by atoms with van der Waals surface area (Å²) < 4.78 is 0. The van der Waals surface area contributed by atoms with Gasteiger partial charge in [0.1, 0.15) is 0 Å². The van der Waals surface area contributed by atoms with Crippen LogP contribution in [-0.2, 0) is 5.75 Å². The number of hydrogen-bond acceptors (Lipinski definition) is 1. The zero-order valence-electron chi connectivity index (χ0n) is 9.01. The Hall–Kier alpha value is -0.140. The van der Waals surface area contributed by atoms with Crippen LogP contribution in [0.5, 0.6) is 0 Å². The molecule has 0 radical (unpaired) electrons. The molecule has 0 aliphatic rings. The fourth-order valence-corrected chi connectivity index (χ4v) is 2.44. The molecule has 14 heavy (non-hydrogen) atoms. The van der Waals surface area contributed by atoms with Crippen LogP contribution in [0.3, 0.4) is 0 Å². The minimum Gasteiger partial charge on any atom is -0.153 e. The molecule has 0 bridgehead atoms. The van der Waals surface area contributed by atoms with Crippen molar-refractivity contribution in [1.82, 2.24) is 0 Å². The lowest BCUT2D eigenvalue weighted by Gasteiger charge is -2.08. The van der Waals surface area contributed by atoms with E-state index in [-0.39, 0.29) is 0 Å². The Balaban J connectivity index is 2.58. The van der Waals surface area contributed by atoms with Crippen LogP contribution in [0, 0.1) is 13.8 Å². The zero-order chi connectivity index (χ0) is 10.6. The highest BCUT2D eigenvalue weighted by atomic mass is 35.5.